The van der Waals surface area contributed by atoms with Crippen molar-refractivity contribution in [2.75, 3.05) is 0 Å². The fourth-order valence-electron chi connectivity index (χ4n) is 0. The van der Waals surface area contributed by atoms with Gasteiger partial charge in [-0.05, 0) is 0 Å². The first-order valence-electron chi connectivity index (χ1n) is 1.30. The summed E-state index contributed by atoms with van der Waals surface area (Å²) in [7, 11) is 0. The molecule has 0 aliphatic carbocycles. The van der Waals surface area contributed by atoms with Crippen molar-refractivity contribution in [1.82, 2.24) is 0 Å². The Hall–Kier alpha value is -0.360. The monoisotopic (exact) mass is 156 g/mol. The average molecular weight is 156 g/mol. The summed E-state index contributed by atoms with van der Waals surface area (Å²) < 4.78 is 0. The van der Waals surface area contributed by atoms with Crippen LogP contribution in [-0.4, -0.2) is 20.8 Å². The van der Waals surface area contributed by atoms with E-state index in [-0.39, 0.29) is 0 Å². The Balaban J connectivity index is 0. The SMILES string of the molecule is O=C(O)S.O=C(O)S. The minimum Gasteiger partial charge on any atom is -0.473 e. The van der Waals surface area contributed by atoms with Gasteiger partial charge in [0.1, 0.15) is 0 Å². The van der Waals surface area contributed by atoms with E-state index in [9.17, 15) is 0 Å². The van der Waals surface area contributed by atoms with Gasteiger partial charge in [0.2, 0.25) is 0 Å². The van der Waals surface area contributed by atoms with Crippen molar-refractivity contribution in [3.05, 3.63) is 0 Å². The summed E-state index contributed by atoms with van der Waals surface area (Å²) in [5, 5.41) is 12.3. The van der Waals surface area contributed by atoms with Crippen molar-refractivity contribution >= 4 is 35.9 Å². The lowest BCUT2D eigenvalue weighted by Gasteiger charge is -1.58. The highest BCUT2D eigenvalue weighted by Gasteiger charge is 1.67. The molecule has 2 N–H and O–H groups in total. The smallest absolute Gasteiger partial charge is 0.361 e. The van der Waals surface area contributed by atoms with Gasteiger partial charge in [0.05, 0.1) is 0 Å². The first-order chi connectivity index (χ1) is 3.46. The lowest BCUT2D eigenvalue weighted by Crippen LogP contribution is -1.67. The van der Waals surface area contributed by atoms with Gasteiger partial charge in [0, 0.05) is 0 Å². The van der Waals surface area contributed by atoms with E-state index in [1.165, 1.54) is 0 Å². The highest BCUT2D eigenvalue weighted by Crippen LogP contribution is 1.66. The lowest BCUT2D eigenvalue weighted by molar-refractivity contribution is 0.221. The molecule has 0 aliphatic heterocycles. The topological polar surface area (TPSA) is 74.6 Å². The Morgan fingerprint density at radius 2 is 1.00 bits per heavy atom. The summed E-state index contributed by atoms with van der Waals surface area (Å²) in [6, 6.07) is 0. The third kappa shape index (κ3) is 937. The van der Waals surface area contributed by atoms with E-state index in [0.717, 1.165) is 0 Å². The van der Waals surface area contributed by atoms with Crippen LogP contribution in [0.3, 0.4) is 0 Å². The van der Waals surface area contributed by atoms with Crippen LogP contribution < -0.4 is 0 Å². The van der Waals surface area contributed by atoms with Gasteiger partial charge in [-0.1, -0.05) is 25.3 Å². The zero-order valence-corrected chi connectivity index (χ0v) is 5.39. The summed E-state index contributed by atoms with van der Waals surface area (Å²) in [5.41, 5.74) is 0. The summed E-state index contributed by atoms with van der Waals surface area (Å²) >= 11 is 5.77. The van der Waals surface area contributed by atoms with Crippen molar-refractivity contribution in [3.63, 3.8) is 0 Å². The second-order valence-corrected chi connectivity index (χ2v) is 1.33. The molecule has 0 unspecified atom stereocenters. The van der Waals surface area contributed by atoms with Crippen LogP contribution in [-0.2, 0) is 0 Å². The molecule has 0 radical (unpaired) electrons. The van der Waals surface area contributed by atoms with Crippen LogP contribution in [0.5, 0.6) is 0 Å². The molecule has 4 nitrogen and oxygen atoms in total. The largest absolute Gasteiger partial charge is 0.473 e. The molecule has 0 spiro atoms. The Morgan fingerprint density at radius 1 is 1.00 bits per heavy atom. The number of hydrogen-bond donors (Lipinski definition) is 4. The van der Waals surface area contributed by atoms with Crippen LogP contribution in [0.4, 0.5) is 9.59 Å². The molecule has 0 fully saturated rings. The van der Waals surface area contributed by atoms with Crippen LogP contribution in [0.1, 0.15) is 0 Å². The number of carboxylic acid groups (broad SMARTS) is 2. The number of carbonyl (C=O) groups is 2. The molecule has 0 aromatic heterocycles. The van der Waals surface area contributed by atoms with Crippen LogP contribution in [0.15, 0.2) is 0 Å². The van der Waals surface area contributed by atoms with Gasteiger partial charge < -0.3 is 10.2 Å². The fourth-order valence-corrected chi connectivity index (χ4v) is 0. The second-order valence-electron chi connectivity index (χ2n) is 0.565. The molecular formula is C2H4O4S2. The Kier molecular flexibility index (Phi) is 8.79. The van der Waals surface area contributed by atoms with Crippen molar-refractivity contribution in [2.24, 2.45) is 0 Å². The molecular weight excluding hydrogens is 152 g/mol. The molecule has 0 saturated heterocycles. The van der Waals surface area contributed by atoms with E-state index in [0.29, 0.717) is 0 Å². The molecule has 0 bridgehead atoms. The maximum absolute atomic E-state index is 8.86. The molecule has 6 heteroatoms. The van der Waals surface area contributed by atoms with Gasteiger partial charge in [-0.2, -0.15) is 0 Å². The molecule has 0 amide bonds. The van der Waals surface area contributed by atoms with Crippen LogP contribution >= 0.6 is 25.3 Å². The van der Waals surface area contributed by atoms with Crippen molar-refractivity contribution in [3.8, 4) is 0 Å². The standard InChI is InChI=1S/2CH2O2S/c2*2-1(3)4/h2*4H,(H,2,3). The molecule has 8 heavy (non-hydrogen) atoms. The minimum absolute atomic E-state index is 1.14. The van der Waals surface area contributed by atoms with E-state index in [2.05, 4.69) is 25.3 Å². The van der Waals surface area contributed by atoms with Crippen molar-refractivity contribution in [2.45, 2.75) is 0 Å². The summed E-state index contributed by atoms with van der Waals surface area (Å²) in [6.07, 6.45) is 0. The van der Waals surface area contributed by atoms with E-state index < -0.39 is 10.6 Å². The fraction of sp³-hybridized carbons (Fsp3) is 0. The van der Waals surface area contributed by atoms with Crippen LogP contribution in [0.25, 0.3) is 0 Å². The molecule has 0 heterocycles. The highest BCUT2D eigenvalue weighted by molar-refractivity contribution is 7.96. The molecule has 0 aromatic carbocycles. The maximum Gasteiger partial charge on any atom is 0.361 e. The second kappa shape index (κ2) is 6.64. The van der Waals surface area contributed by atoms with Gasteiger partial charge in [0.15, 0.2) is 0 Å². The van der Waals surface area contributed by atoms with E-state index >= 15 is 0 Å². The quantitative estimate of drug-likeness (QED) is 0.397. The zero-order chi connectivity index (χ0) is 7.15. The maximum atomic E-state index is 8.86. The molecule has 0 saturated carbocycles. The highest BCUT2D eigenvalue weighted by atomic mass is 32.1. The third-order valence-electron chi connectivity index (χ3n) is 0. The average Bonchev–Trinajstić information content (AvgIpc) is 1.25. The van der Waals surface area contributed by atoms with Crippen LogP contribution in [0, 0.1) is 0 Å². The normalized spacial score (nSPS) is 6.25. The summed E-state index contributed by atoms with van der Waals surface area (Å²) in [4.78, 5) is 17.7. The third-order valence-corrected chi connectivity index (χ3v) is 0. The van der Waals surface area contributed by atoms with Crippen molar-refractivity contribution in [1.29, 1.82) is 0 Å². The zero-order valence-electron chi connectivity index (χ0n) is 3.61. The van der Waals surface area contributed by atoms with E-state index in [1.807, 2.05) is 0 Å². The van der Waals surface area contributed by atoms with Gasteiger partial charge in [-0.15, -0.1) is 0 Å². The van der Waals surface area contributed by atoms with Gasteiger partial charge in [0.25, 0.3) is 0 Å². The molecule has 48 valence electrons. The predicted molar refractivity (Wildman–Crippen MR) is 34.0 cm³/mol. The Morgan fingerprint density at radius 3 is 1.00 bits per heavy atom. The van der Waals surface area contributed by atoms with Crippen LogP contribution in [0.2, 0.25) is 0 Å². The number of rotatable bonds is 0. The summed E-state index contributed by atoms with van der Waals surface area (Å²) in [5.74, 6) is 0. The summed E-state index contributed by atoms with van der Waals surface area (Å²) in [6.45, 7) is 0. The molecule has 0 aromatic rings. The Labute approximate surface area is 56.3 Å². The van der Waals surface area contributed by atoms with E-state index in [4.69, 9.17) is 19.8 Å². The number of thiol groups is 2. The van der Waals surface area contributed by atoms with Gasteiger partial charge in [-0.25, -0.2) is 9.59 Å². The predicted octanol–water partition coefficient (Wildman–Crippen LogP) is 1.19. The number of hydrogen-bond acceptors (Lipinski definition) is 2. The Bertz CT molecular complexity index is 70.0. The van der Waals surface area contributed by atoms with Gasteiger partial charge in [-0.3, -0.25) is 0 Å². The van der Waals surface area contributed by atoms with E-state index in [1.54, 1.807) is 0 Å². The molecule has 0 atom stereocenters. The lowest BCUT2D eigenvalue weighted by atomic mass is 11.6. The van der Waals surface area contributed by atoms with Crippen molar-refractivity contribution < 1.29 is 19.8 Å². The molecule has 0 aliphatic rings. The van der Waals surface area contributed by atoms with Gasteiger partial charge >= 0.3 is 10.6 Å². The molecule has 0 rings (SSSR count). The minimum atomic E-state index is -1.14. The first-order valence-corrected chi connectivity index (χ1v) is 2.20. The first kappa shape index (κ1) is 10.6.